The van der Waals surface area contributed by atoms with Crippen LogP contribution >= 0.6 is 0 Å². The summed E-state index contributed by atoms with van der Waals surface area (Å²) in [5.41, 5.74) is 3.82. The van der Waals surface area contributed by atoms with E-state index < -0.39 is 0 Å². The van der Waals surface area contributed by atoms with Crippen LogP contribution in [-0.2, 0) is 12.8 Å². The van der Waals surface area contributed by atoms with E-state index in [1.807, 2.05) is 47.6 Å². The quantitative estimate of drug-likeness (QED) is 0.543. The SMILES string of the molecule is CCOc1cc2c(cc1OCC)C(Cc1ccc(OC(C)C)c(OC(C)C)c1)NCC2. The Kier molecular flexibility index (Phi) is 8.08. The van der Waals surface area contributed by atoms with Gasteiger partial charge in [0.1, 0.15) is 0 Å². The molecular weight excluding hydrogens is 390 g/mol. The molecule has 0 amide bonds. The summed E-state index contributed by atoms with van der Waals surface area (Å²) in [4.78, 5) is 0. The van der Waals surface area contributed by atoms with Gasteiger partial charge in [-0.05, 0) is 102 Å². The molecule has 0 aromatic heterocycles. The minimum Gasteiger partial charge on any atom is -0.490 e. The van der Waals surface area contributed by atoms with Crippen LogP contribution in [0.15, 0.2) is 30.3 Å². The first-order chi connectivity index (χ1) is 14.9. The third-order valence-electron chi connectivity index (χ3n) is 5.14. The highest BCUT2D eigenvalue weighted by Gasteiger charge is 2.24. The molecule has 0 saturated heterocycles. The second-order valence-electron chi connectivity index (χ2n) is 8.44. The molecule has 1 unspecified atom stereocenters. The number of ether oxygens (including phenoxy) is 4. The Balaban J connectivity index is 1.89. The van der Waals surface area contributed by atoms with E-state index in [2.05, 4.69) is 29.6 Å². The number of hydrogen-bond donors (Lipinski definition) is 1. The first-order valence-corrected chi connectivity index (χ1v) is 11.5. The summed E-state index contributed by atoms with van der Waals surface area (Å²) in [6, 6.07) is 10.8. The van der Waals surface area contributed by atoms with Gasteiger partial charge in [0, 0.05) is 6.04 Å². The standard InChI is InChI=1S/C26H37NO4/c1-7-28-24-15-20-11-12-27-22(21(20)16-25(24)29-8-2)13-19-9-10-23(30-17(3)4)26(14-19)31-18(5)6/h9-10,14-18,22,27H,7-8,11-13H2,1-6H3. The summed E-state index contributed by atoms with van der Waals surface area (Å²) in [6.45, 7) is 14.3. The highest BCUT2D eigenvalue weighted by Crippen LogP contribution is 2.38. The lowest BCUT2D eigenvalue weighted by Gasteiger charge is -2.29. The van der Waals surface area contributed by atoms with Gasteiger partial charge in [-0.2, -0.15) is 0 Å². The Labute approximate surface area is 187 Å². The van der Waals surface area contributed by atoms with Crippen molar-refractivity contribution in [2.24, 2.45) is 0 Å². The number of benzene rings is 2. The summed E-state index contributed by atoms with van der Waals surface area (Å²) >= 11 is 0. The molecular formula is C26H37NO4. The maximum Gasteiger partial charge on any atom is 0.161 e. The number of nitrogens with one attached hydrogen (secondary N) is 1. The number of hydrogen-bond acceptors (Lipinski definition) is 5. The lowest BCUT2D eigenvalue weighted by atomic mass is 9.89. The molecule has 0 saturated carbocycles. The van der Waals surface area contributed by atoms with E-state index in [0.29, 0.717) is 13.2 Å². The molecule has 1 heterocycles. The van der Waals surface area contributed by atoms with E-state index in [1.165, 1.54) is 16.7 Å². The minimum atomic E-state index is 0.0871. The third-order valence-corrected chi connectivity index (χ3v) is 5.14. The zero-order valence-electron chi connectivity index (χ0n) is 19.8. The van der Waals surface area contributed by atoms with Crippen molar-refractivity contribution in [2.45, 2.75) is 72.6 Å². The predicted octanol–water partition coefficient (Wildman–Crippen LogP) is 5.49. The Bertz CT molecular complexity index is 863. The Morgan fingerprint density at radius 3 is 2.13 bits per heavy atom. The fourth-order valence-corrected chi connectivity index (χ4v) is 3.98. The minimum absolute atomic E-state index is 0.0871. The lowest BCUT2D eigenvalue weighted by molar-refractivity contribution is 0.198. The van der Waals surface area contributed by atoms with Gasteiger partial charge in [0.25, 0.3) is 0 Å². The van der Waals surface area contributed by atoms with Gasteiger partial charge in [-0.3, -0.25) is 0 Å². The summed E-state index contributed by atoms with van der Waals surface area (Å²) in [5.74, 6) is 3.26. The summed E-state index contributed by atoms with van der Waals surface area (Å²) < 4.78 is 23.7. The normalized spacial score (nSPS) is 15.7. The number of fused-ring (bicyclic) bond motifs is 1. The molecule has 170 valence electrons. The molecule has 3 rings (SSSR count). The van der Waals surface area contributed by atoms with E-state index in [4.69, 9.17) is 18.9 Å². The molecule has 0 aliphatic carbocycles. The van der Waals surface area contributed by atoms with Crippen LogP contribution in [0.4, 0.5) is 0 Å². The molecule has 1 aliphatic heterocycles. The van der Waals surface area contributed by atoms with Crippen LogP contribution in [0, 0.1) is 0 Å². The van der Waals surface area contributed by atoms with E-state index in [-0.39, 0.29) is 18.2 Å². The summed E-state index contributed by atoms with van der Waals surface area (Å²) in [5, 5.41) is 3.68. The van der Waals surface area contributed by atoms with E-state index in [0.717, 1.165) is 42.4 Å². The smallest absolute Gasteiger partial charge is 0.161 e. The molecule has 5 heteroatoms. The predicted molar refractivity (Wildman–Crippen MR) is 125 cm³/mol. The van der Waals surface area contributed by atoms with Crippen molar-refractivity contribution >= 4 is 0 Å². The van der Waals surface area contributed by atoms with Gasteiger partial charge in [0.2, 0.25) is 0 Å². The summed E-state index contributed by atoms with van der Waals surface area (Å²) in [7, 11) is 0. The van der Waals surface area contributed by atoms with Crippen molar-refractivity contribution in [3.05, 3.63) is 47.0 Å². The van der Waals surface area contributed by atoms with E-state index in [1.54, 1.807) is 0 Å². The second-order valence-corrected chi connectivity index (χ2v) is 8.44. The monoisotopic (exact) mass is 427 g/mol. The average molecular weight is 428 g/mol. The zero-order chi connectivity index (χ0) is 22.4. The molecule has 1 aliphatic rings. The van der Waals surface area contributed by atoms with Crippen LogP contribution in [0.2, 0.25) is 0 Å². The Hall–Kier alpha value is -2.40. The van der Waals surface area contributed by atoms with Crippen molar-refractivity contribution in [3.63, 3.8) is 0 Å². The van der Waals surface area contributed by atoms with Crippen LogP contribution in [0.1, 0.15) is 64.3 Å². The van der Waals surface area contributed by atoms with Crippen LogP contribution in [0.25, 0.3) is 0 Å². The zero-order valence-corrected chi connectivity index (χ0v) is 19.8. The van der Waals surface area contributed by atoms with Crippen molar-refractivity contribution in [2.75, 3.05) is 19.8 Å². The van der Waals surface area contributed by atoms with Crippen molar-refractivity contribution in [1.82, 2.24) is 5.32 Å². The molecule has 0 bridgehead atoms. The third kappa shape index (κ3) is 6.07. The second kappa shape index (κ2) is 10.8. The average Bonchev–Trinajstić information content (AvgIpc) is 2.70. The summed E-state index contributed by atoms with van der Waals surface area (Å²) in [6.07, 6.45) is 2.04. The van der Waals surface area contributed by atoms with Crippen LogP contribution in [0.3, 0.4) is 0 Å². The molecule has 2 aromatic carbocycles. The van der Waals surface area contributed by atoms with Gasteiger partial charge in [-0.15, -0.1) is 0 Å². The Morgan fingerprint density at radius 1 is 0.839 bits per heavy atom. The van der Waals surface area contributed by atoms with E-state index in [9.17, 15) is 0 Å². The van der Waals surface area contributed by atoms with Crippen LogP contribution in [0.5, 0.6) is 23.0 Å². The highest BCUT2D eigenvalue weighted by molar-refractivity contribution is 5.50. The van der Waals surface area contributed by atoms with Gasteiger partial charge in [-0.25, -0.2) is 0 Å². The molecule has 1 N–H and O–H groups in total. The number of rotatable bonds is 10. The van der Waals surface area contributed by atoms with Crippen molar-refractivity contribution < 1.29 is 18.9 Å². The topological polar surface area (TPSA) is 49.0 Å². The maximum absolute atomic E-state index is 6.06. The van der Waals surface area contributed by atoms with Crippen LogP contribution < -0.4 is 24.3 Å². The largest absolute Gasteiger partial charge is 0.490 e. The Morgan fingerprint density at radius 2 is 1.48 bits per heavy atom. The fourth-order valence-electron chi connectivity index (χ4n) is 3.98. The molecule has 5 nitrogen and oxygen atoms in total. The first kappa shape index (κ1) is 23.3. The highest BCUT2D eigenvalue weighted by atomic mass is 16.5. The first-order valence-electron chi connectivity index (χ1n) is 11.5. The van der Waals surface area contributed by atoms with Crippen LogP contribution in [-0.4, -0.2) is 32.0 Å². The van der Waals surface area contributed by atoms with Crippen molar-refractivity contribution in [1.29, 1.82) is 0 Å². The fraction of sp³-hybridized carbons (Fsp3) is 0.538. The van der Waals surface area contributed by atoms with Gasteiger partial charge in [0.15, 0.2) is 23.0 Å². The lowest BCUT2D eigenvalue weighted by Crippen LogP contribution is -2.31. The van der Waals surface area contributed by atoms with Gasteiger partial charge in [-0.1, -0.05) is 6.07 Å². The molecule has 31 heavy (non-hydrogen) atoms. The van der Waals surface area contributed by atoms with E-state index >= 15 is 0 Å². The van der Waals surface area contributed by atoms with Gasteiger partial charge in [0.05, 0.1) is 25.4 Å². The van der Waals surface area contributed by atoms with Gasteiger partial charge >= 0.3 is 0 Å². The van der Waals surface area contributed by atoms with Crippen molar-refractivity contribution in [3.8, 4) is 23.0 Å². The molecule has 0 fully saturated rings. The molecule has 0 spiro atoms. The molecule has 2 aromatic rings. The molecule has 1 atom stereocenters. The molecule has 0 radical (unpaired) electrons. The van der Waals surface area contributed by atoms with Gasteiger partial charge < -0.3 is 24.3 Å². The maximum atomic E-state index is 6.06.